The molecule has 2 heterocycles. The van der Waals surface area contributed by atoms with E-state index in [1.54, 1.807) is 23.1 Å². The van der Waals surface area contributed by atoms with Crippen LogP contribution in [0.5, 0.6) is 0 Å². The summed E-state index contributed by atoms with van der Waals surface area (Å²) in [6.45, 7) is 0. The van der Waals surface area contributed by atoms with Crippen LogP contribution in [0.1, 0.15) is 5.76 Å². The maximum absolute atomic E-state index is 13.2. The number of rotatable bonds is 3. The first-order valence-electron chi connectivity index (χ1n) is 9.32. The van der Waals surface area contributed by atoms with Crippen molar-refractivity contribution in [1.82, 2.24) is 0 Å². The van der Waals surface area contributed by atoms with Crippen molar-refractivity contribution in [3.05, 3.63) is 93.5 Å². The molecular formula is C24H13Cl2NO2S2. The molecule has 0 aliphatic carbocycles. The quantitative estimate of drug-likeness (QED) is 0.220. The molecular weight excluding hydrogens is 469 g/mol. The van der Waals surface area contributed by atoms with Crippen LogP contribution in [0.25, 0.3) is 28.2 Å². The van der Waals surface area contributed by atoms with E-state index in [9.17, 15) is 4.79 Å². The molecule has 0 atom stereocenters. The molecule has 5 rings (SSSR count). The number of fused-ring (bicyclic) bond motifs is 1. The maximum atomic E-state index is 13.2. The maximum Gasteiger partial charge on any atom is 0.270 e. The first-order valence-corrected chi connectivity index (χ1v) is 11.3. The van der Waals surface area contributed by atoms with Crippen molar-refractivity contribution in [2.45, 2.75) is 0 Å². The van der Waals surface area contributed by atoms with Crippen molar-refractivity contribution in [2.75, 3.05) is 4.90 Å². The zero-order chi connectivity index (χ0) is 21.5. The number of halogens is 2. The number of carbonyl (C=O) groups is 1. The summed E-state index contributed by atoms with van der Waals surface area (Å²) in [4.78, 5) is 15.3. The number of amides is 1. The summed E-state index contributed by atoms with van der Waals surface area (Å²) in [6, 6.07) is 22.7. The lowest BCUT2D eigenvalue weighted by molar-refractivity contribution is -0.113. The summed E-state index contributed by atoms with van der Waals surface area (Å²) in [6.07, 6.45) is 1.71. The van der Waals surface area contributed by atoms with Gasteiger partial charge in [-0.05, 0) is 41.8 Å². The third kappa shape index (κ3) is 3.79. The minimum atomic E-state index is -0.168. The molecule has 0 spiro atoms. The summed E-state index contributed by atoms with van der Waals surface area (Å²) in [7, 11) is 0. The van der Waals surface area contributed by atoms with Gasteiger partial charge in [-0.1, -0.05) is 83.6 Å². The van der Waals surface area contributed by atoms with Crippen LogP contribution in [0.15, 0.2) is 82.1 Å². The Morgan fingerprint density at radius 1 is 0.935 bits per heavy atom. The topological polar surface area (TPSA) is 33.5 Å². The zero-order valence-electron chi connectivity index (χ0n) is 15.8. The molecule has 0 saturated carbocycles. The average molecular weight is 482 g/mol. The lowest BCUT2D eigenvalue weighted by Gasteiger charge is -2.17. The predicted molar refractivity (Wildman–Crippen MR) is 134 cm³/mol. The van der Waals surface area contributed by atoms with Gasteiger partial charge in [0.25, 0.3) is 5.91 Å². The minimum Gasteiger partial charge on any atom is -0.457 e. The molecule has 152 valence electrons. The summed E-state index contributed by atoms with van der Waals surface area (Å²) in [5, 5.41) is 2.96. The van der Waals surface area contributed by atoms with Gasteiger partial charge in [-0.15, -0.1) is 0 Å². The molecule has 31 heavy (non-hydrogen) atoms. The minimum absolute atomic E-state index is 0.168. The summed E-state index contributed by atoms with van der Waals surface area (Å²) in [5.74, 6) is 1.02. The van der Waals surface area contributed by atoms with E-state index in [1.165, 1.54) is 11.8 Å². The third-order valence-electron chi connectivity index (χ3n) is 4.91. The van der Waals surface area contributed by atoms with Crippen LogP contribution in [0, 0.1) is 0 Å². The van der Waals surface area contributed by atoms with E-state index in [4.69, 9.17) is 39.8 Å². The fourth-order valence-electron chi connectivity index (χ4n) is 3.44. The van der Waals surface area contributed by atoms with Crippen LogP contribution < -0.4 is 4.90 Å². The number of thiocarbonyl (C=S) groups is 1. The number of anilines is 1. The van der Waals surface area contributed by atoms with Crippen molar-refractivity contribution in [3.63, 3.8) is 0 Å². The second-order valence-electron chi connectivity index (χ2n) is 6.85. The Hall–Kier alpha value is -2.57. The van der Waals surface area contributed by atoms with Gasteiger partial charge in [-0.3, -0.25) is 9.69 Å². The molecule has 7 heteroatoms. The van der Waals surface area contributed by atoms with Crippen molar-refractivity contribution < 1.29 is 9.21 Å². The molecule has 0 bridgehead atoms. The number of hydrogen-bond acceptors (Lipinski definition) is 4. The molecule has 4 aromatic rings. The highest BCUT2D eigenvalue weighted by atomic mass is 35.5. The molecule has 1 saturated heterocycles. The van der Waals surface area contributed by atoms with E-state index in [1.807, 2.05) is 60.7 Å². The highest BCUT2D eigenvalue weighted by Crippen LogP contribution is 2.39. The predicted octanol–water partition coefficient (Wildman–Crippen LogP) is 7.81. The normalized spacial score (nSPS) is 15.4. The van der Waals surface area contributed by atoms with E-state index >= 15 is 0 Å². The van der Waals surface area contributed by atoms with Crippen molar-refractivity contribution in [2.24, 2.45) is 0 Å². The van der Waals surface area contributed by atoms with Crippen LogP contribution in [0.3, 0.4) is 0 Å². The highest BCUT2D eigenvalue weighted by Gasteiger charge is 2.34. The van der Waals surface area contributed by atoms with E-state index in [0.717, 1.165) is 22.0 Å². The van der Waals surface area contributed by atoms with Gasteiger partial charge in [0.1, 0.15) is 11.5 Å². The Morgan fingerprint density at radius 3 is 2.58 bits per heavy atom. The Kier molecular flexibility index (Phi) is 5.36. The standard InChI is InChI=1S/C24H13Cl2NO2S2/c25-18-10-8-15(12-19(18)26)21-11-9-16(29-21)13-22-23(28)27(24(30)31-22)20-7-3-5-14-4-1-2-6-17(14)20/h1-13H/b22-13-. The zero-order valence-corrected chi connectivity index (χ0v) is 19.0. The number of nitrogens with zero attached hydrogens (tertiary/aromatic N) is 1. The van der Waals surface area contributed by atoms with Crippen LogP contribution in [-0.2, 0) is 4.79 Å². The monoisotopic (exact) mass is 481 g/mol. The van der Waals surface area contributed by atoms with Gasteiger partial charge in [0.15, 0.2) is 4.32 Å². The molecule has 1 aliphatic heterocycles. The third-order valence-corrected chi connectivity index (χ3v) is 6.95. The fraction of sp³-hybridized carbons (Fsp3) is 0. The molecule has 0 radical (unpaired) electrons. The molecule has 1 aromatic heterocycles. The van der Waals surface area contributed by atoms with Gasteiger partial charge in [0.2, 0.25) is 0 Å². The van der Waals surface area contributed by atoms with Crippen LogP contribution >= 0.6 is 47.2 Å². The van der Waals surface area contributed by atoms with Gasteiger partial charge >= 0.3 is 0 Å². The second-order valence-corrected chi connectivity index (χ2v) is 9.34. The molecule has 0 N–H and O–H groups in total. The van der Waals surface area contributed by atoms with Gasteiger partial charge in [0.05, 0.1) is 20.6 Å². The van der Waals surface area contributed by atoms with E-state index in [-0.39, 0.29) is 5.91 Å². The fourth-order valence-corrected chi connectivity index (χ4v) is 5.01. The summed E-state index contributed by atoms with van der Waals surface area (Å²) < 4.78 is 6.41. The smallest absolute Gasteiger partial charge is 0.270 e. The van der Waals surface area contributed by atoms with E-state index < -0.39 is 0 Å². The summed E-state index contributed by atoms with van der Waals surface area (Å²) in [5.41, 5.74) is 1.58. The molecule has 1 amide bonds. The van der Waals surface area contributed by atoms with Crippen LogP contribution in [0.2, 0.25) is 10.0 Å². The number of hydrogen-bond donors (Lipinski definition) is 0. The Balaban J connectivity index is 1.47. The lowest BCUT2D eigenvalue weighted by Crippen LogP contribution is -2.27. The molecule has 0 unspecified atom stereocenters. The molecule has 3 aromatic carbocycles. The first-order chi connectivity index (χ1) is 15.0. The highest BCUT2D eigenvalue weighted by molar-refractivity contribution is 8.27. The van der Waals surface area contributed by atoms with Gasteiger partial charge in [-0.2, -0.15) is 0 Å². The largest absolute Gasteiger partial charge is 0.457 e. The number of furan rings is 1. The Morgan fingerprint density at radius 2 is 1.74 bits per heavy atom. The lowest BCUT2D eigenvalue weighted by atomic mass is 10.1. The Labute approximate surface area is 198 Å². The number of carbonyl (C=O) groups excluding carboxylic acids is 1. The molecule has 1 fully saturated rings. The van der Waals surface area contributed by atoms with Gasteiger partial charge in [-0.25, -0.2) is 0 Å². The van der Waals surface area contributed by atoms with Gasteiger partial charge in [0, 0.05) is 17.0 Å². The second kappa shape index (κ2) is 8.17. The average Bonchev–Trinajstić information content (AvgIpc) is 3.34. The van der Waals surface area contributed by atoms with Crippen molar-refractivity contribution in [1.29, 1.82) is 0 Å². The SMILES string of the molecule is O=C1/C(=C/c2ccc(-c3ccc(Cl)c(Cl)c3)o2)SC(=S)N1c1cccc2ccccc12. The van der Waals surface area contributed by atoms with Crippen molar-refractivity contribution >= 4 is 79.9 Å². The van der Waals surface area contributed by atoms with Crippen molar-refractivity contribution in [3.8, 4) is 11.3 Å². The van der Waals surface area contributed by atoms with Crippen LogP contribution in [-0.4, -0.2) is 10.2 Å². The van der Waals surface area contributed by atoms with Gasteiger partial charge < -0.3 is 4.42 Å². The first kappa shape index (κ1) is 20.3. The molecule has 1 aliphatic rings. The Bertz CT molecular complexity index is 1390. The number of benzene rings is 3. The van der Waals surface area contributed by atoms with Crippen LogP contribution in [0.4, 0.5) is 5.69 Å². The van der Waals surface area contributed by atoms with E-state index in [0.29, 0.717) is 30.8 Å². The van der Waals surface area contributed by atoms with E-state index in [2.05, 4.69) is 0 Å². The number of thioether (sulfide) groups is 1. The molecule has 3 nitrogen and oxygen atoms in total. The summed E-state index contributed by atoms with van der Waals surface area (Å²) >= 11 is 18.9.